The van der Waals surface area contributed by atoms with Gasteiger partial charge in [0.2, 0.25) is 0 Å². The average molecular weight is 238 g/mol. The van der Waals surface area contributed by atoms with Crippen molar-refractivity contribution in [2.75, 3.05) is 18.9 Å². The summed E-state index contributed by atoms with van der Waals surface area (Å²) < 4.78 is 7.04. The zero-order valence-electron chi connectivity index (χ0n) is 10.4. The molecule has 1 aliphatic heterocycles. The lowest BCUT2D eigenvalue weighted by Crippen LogP contribution is -2.50. The number of hydrogen-bond donors (Lipinski definition) is 1. The van der Waals surface area contributed by atoms with Crippen molar-refractivity contribution in [3.8, 4) is 0 Å². The van der Waals surface area contributed by atoms with Crippen molar-refractivity contribution in [2.45, 2.75) is 26.0 Å². The Labute approximate surface area is 100 Å². The van der Waals surface area contributed by atoms with Crippen molar-refractivity contribution in [1.82, 2.24) is 14.7 Å². The van der Waals surface area contributed by atoms with Crippen molar-refractivity contribution >= 4 is 11.6 Å². The van der Waals surface area contributed by atoms with Gasteiger partial charge in [-0.3, -0.25) is 9.48 Å². The predicted octanol–water partition coefficient (Wildman–Crippen LogP) is 0.252. The monoisotopic (exact) mass is 238 g/mol. The Bertz CT molecular complexity index is 429. The molecule has 0 bridgehead atoms. The van der Waals surface area contributed by atoms with Crippen LogP contribution in [-0.2, 0) is 11.8 Å². The van der Waals surface area contributed by atoms with Gasteiger partial charge in [-0.25, -0.2) is 0 Å². The number of hydrogen-bond acceptors (Lipinski definition) is 4. The Morgan fingerprint density at radius 1 is 1.59 bits per heavy atom. The first kappa shape index (κ1) is 11.9. The molecule has 1 aromatic rings. The van der Waals surface area contributed by atoms with Gasteiger partial charge < -0.3 is 15.4 Å². The highest BCUT2D eigenvalue weighted by molar-refractivity contribution is 5.97. The van der Waals surface area contributed by atoms with Gasteiger partial charge in [0.05, 0.1) is 24.4 Å². The highest BCUT2D eigenvalue weighted by Gasteiger charge is 2.30. The molecule has 0 aromatic carbocycles. The van der Waals surface area contributed by atoms with Crippen LogP contribution in [0.1, 0.15) is 24.3 Å². The van der Waals surface area contributed by atoms with Crippen LogP contribution in [-0.4, -0.2) is 45.9 Å². The smallest absolute Gasteiger partial charge is 0.276 e. The van der Waals surface area contributed by atoms with Gasteiger partial charge >= 0.3 is 0 Å². The summed E-state index contributed by atoms with van der Waals surface area (Å²) in [5.41, 5.74) is 6.51. The molecule has 0 aliphatic carbocycles. The van der Waals surface area contributed by atoms with E-state index in [1.165, 1.54) is 0 Å². The molecule has 2 heterocycles. The topological polar surface area (TPSA) is 73.4 Å². The fourth-order valence-electron chi connectivity index (χ4n) is 2.00. The molecule has 1 saturated heterocycles. The van der Waals surface area contributed by atoms with Gasteiger partial charge in [-0.1, -0.05) is 0 Å². The second kappa shape index (κ2) is 4.37. The van der Waals surface area contributed by atoms with Gasteiger partial charge in [0.1, 0.15) is 0 Å². The van der Waals surface area contributed by atoms with Crippen LogP contribution >= 0.6 is 0 Å². The van der Waals surface area contributed by atoms with E-state index in [-0.39, 0.29) is 18.1 Å². The van der Waals surface area contributed by atoms with E-state index in [1.807, 2.05) is 13.8 Å². The molecule has 0 spiro atoms. The lowest BCUT2D eigenvalue weighted by Gasteiger charge is -2.36. The average Bonchev–Trinajstić information content (AvgIpc) is 2.60. The molecule has 1 aromatic heterocycles. The first-order chi connectivity index (χ1) is 7.99. The number of carbonyl (C=O) groups is 1. The molecular formula is C11H18N4O2. The number of aromatic nitrogens is 2. The van der Waals surface area contributed by atoms with Crippen molar-refractivity contribution in [3.05, 3.63) is 11.9 Å². The fraction of sp³-hybridized carbons (Fsp3) is 0.636. The summed E-state index contributed by atoms with van der Waals surface area (Å²) in [5, 5.41) is 4.10. The van der Waals surface area contributed by atoms with E-state index in [4.69, 9.17) is 10.5 Å². The van der Waals surface area contributed by atoms with Crippen LogP contribution in [0.25, 0.3) is 0 Å². The maximum Gasteiger partial charge on any atom is 0.276 e. The van der Waals surface area contributed by atoms with E-state index < -0.39 is 0 Å². The van der Waals surface area contributed by atoms with Crippen molar-refractivity contribution in [3.63, 3.8) is 0 Å². The van der Waals surface area contributed by atoms with E-state index >= 15 is 0 Å². The van der Waals surface area contributed by atoms with Gasteiger partial charge in [-0.2, -0.15) is 5.10 Å². The van der Waals surface area contributed by atoms with Gasteiger partial charge in [0.25, 0.3) is 5.91 Å². The minimum absolute atomic E-state index is 0.0556. The molecule has 2 unspecified atom stereocenters. The molecule has 1 fully saturated rings. The molecule has 2 atom stereocenters. The molecule has 6 heteroatoms. The zero-order chi connectivity index (χ0) is 12.6. The number of nitrogens with two attached hydrogens (primary N) is 1. The summed E-state index contributed by atoms with van der Waals surface area (Å²) in [6, 6.07) is 0.0557. The first-order valence-corrected chi connectivity index (χ1v) is 5.70. The van der Waals surface area contributed by atoms with Gasteiger partial charge in [-0.15, -0.1) is 0 Å². The summed E-state index contributed by atoms with van der Waals surface area (Å²) in [6.07, 6.45) is 1.70. The minimum atomic E-state index is -0.120. The third kappa shape index (κ3) is 2.26. The Morgan fingerprint density at radius 3 is 2.88 bits per heavy atom. The van der Waals surface area contributed by atoms with E-state index in [2.05, 4.69) is 5.10 Å². The summed E-state index contributed by atoms with van der Waals surface area (Å²) >= 11 is 0. The summed E-state index contributed by atoms with van der Waals surface area (Å²) in [6.45, 7) is 5.05. The number of nitrogen functional groups attached to an aromatic ring is 1. The van der Waals surface area contributed by atoms with Crippen LogP contribution in [0.2, 0.25) is 0 Å². The van der Waals surface area contributed by atoms with Gasteiger partial charge in [0, 0.05) is 19.8 Å². The number of aryl methyl sites for hydroxylation is 1. The second-order valence-electron chi connectivity index (χ2n) is 4.56. The van der Waals surface area contributed by atoms with Crippen LogP contribution in [0.5, 0.6) is 0 Å². The standard InChI is InChI=1S/C11H18N4O2/c1-7-6-17-8(2)4-15(7)11(16)10-9(12)5-14(3)13-10/h5,7-8H,4,6,12H2,1-3H3. The number of ether oxygens (including phenoxy) is 1. The maximum absolute atomic E-state index is 12.3. The molecule has 17 heavy (non-hydrogen) atoms. The Kier molecular flexibility index (Phi) is 3.06. The molecular weight excluding hydrogens is 220 g/mol. The summed E-state index contributed by atoms with van der Waals surface area (Å²) in [4.78, 5) is 14.1. The van der Waals surface area contributed by atoms with E-state index in [0.29, 0.717) is 24.5 Å². The molecule has 0 radical (unpaired) electrons. The first-order valence-electron chi connectivity index (χ1n) is 5.70. The zero-order valence-corrected chi connectivity index (χ0v) is 10.4. The molecule has 0 saturated carbocycles. The molecule has 1 amide bonds. The second-order valence-corrected chi connectivity index (χ2v) is 4.56. The maximum atomic E-state index is 12.3. The van der Waals surface area contributed by atoms with E-state index in [1.54, 1.807) is 22.8 Å². The summed E-state index contributed by atoms with van der Waals surface area (Å²) in [7, 11) is 1.75. The molecule has 2 rings (SSSR count). The summed E-state index contributed by atoms with van der Waals surface area (Å²) in [5.74, 6) is -0.120. The minimum Gasteiger partial charge on any atom is -0.396 e. The van der Waals surface area contributed by atoms with Crippen molar-refractivity contribution in [1.29, 1.82) is 0 Å². The largest absolute Gasteiger partial charge is 0.396 e. The quantitative estimate of drug-likeness (QED) is 0.761. The Balaban J connectivity index is 2.21. The number of anilines is 1. The van der Waals surface area contributed by atoms with E-state index in [9.17, 15) is 4.79 Å². The lowest BCUT2D eigenvalue weighted by molar-refractivity contribution is -0.0388. The van der Waals surface area contributed by atoms with Crippen molar-refractivity contribution in [2.24, 2.45) is 7.05 Å². The number of amides is 1. The van der Waals surface area contributed by atoms with Crippen molar-refractivity contribution < 1.29 is 9.53 Å². The van der Waals surface area contributed by atoms with Crippen LogP contribution in [0.15, 0.2) is 6.20 Å². The van der Waals surface area contributed by atoms with Gasteiger partial charge in [0.15, 0.2) is 5.69 Å². The van der Waals surface area contributed by atoms with Crippen LogP contribution in [0.4, 0.5) is 5.69 Å². The third-order valence-corrected chi connectivity index (χ3v) is 2.93. The molecule has 94 valence electrons. The number of rotatable bonds is 1. The normalized spacial score (nSPS) is 25.0. The van der Waals surface area contributed by atoms with E-state index in [0.717, 1.165) is 0 Å². The van der Waals surface area contributed by atoms with Crippen LogP contribution in [0, 0.1) is 0 Å². The Hall–Kier alpha value is -1.56. The number of carbonyl (C=O) groups excluding carboxylic acids is 1. The highest BCUT2D eigenvalue weighted by Crippen LogP contribution is 2.17. The SMILES string of the molecule is CC1CN(C(=O)c2nn(C)cc2N)C(C)CO1. The predicted molar refractivity (Wildman–Crippen MR) is 63.5 cm³/mol. The third-order valence-electron chi connectivity index (χ3n) is 2.93. The highest BCUT2D eigenvalue weighted by atomic mass is 16.5. The van der Waals surface area contributed by atoms with Gasteiger partial charge in [-0.05, 0) is 13.8 Å². The molecule has 1 aliphatic rings. The molecule has 6 nitrogen and oxygen atoms in total. The lowest BCUT2D eigenvalue weighted by atomic mass is 10.2. The molecule has 2 N–H and O–H groups in total. The number of nitrogens with zero attached hydrogens (tertiary/aromatic N) is 3. The van der Waals surface area contributed by atoms with Crippen LogP contribution < -0.4 is 5.73 Å². The number of morpholine rings is 1. The van der Waals surface area contributed by atoms with Crippen LogP contribution in [0.3, 0.4) is 0 Å². The Morgan fingerprint density at radius 2 is 2.29 bits per heavy atom. The fourth-order valence-corrected chi connectivity index (χ4v) is 2.00.